The smallest absolute Gasteiger partial charge is 0.238 e. The van der Waals surface area contributed by atoms with Crippen LogP contribution in [0.5, 0.6) is 0 Å². The Balaban J connectivity index is 1.51. The Kier molecular flexibility index (Phi) is 6.85. The predicted octanol–water partition coefficient (Wildman–Crippen LogP) is 1.92. The Morgan fingerprint density at radius 3 is 2.63 bits per heavy atom. The van der Waals surface area contributed by atoms with E-state index in [1.807, 2.05) is 36.9 Å². The van der Waals surface area contributed by atoms with E-state index in [4.69, 9.17) is 0 Å². The molecule has 148 valence electrons. The normalized spacial score (nSPS) is 17.7. The molecule has 1 aliphatic heterocycles. The lowest BCUT2D eigenvalue weighted by Gasteiger charge is -2.24. The maximum atomic E-state index is 12.6. The van der Waals surface area contributed by atoms with Crippen LogP contribution in [0.25, 0.3) is 0 Å². The second kappa shape index (κ2) is 9.33. The summed E-state index contributed by atoms with van der Waals surface area (Å²) in [6.07, 6.45) is 3.75. The number of benzene rings is 1. The molecule has 1 heterocycles. The molecule has 1 saturated heterocycles. The molecule has 27 heavy (non-hydrogen) atoms. The summed E-state index contributed by atoms with van der Waals surface area (Å²) >= 11 is 0. The average molecular weight is 373 g/mol. The van der Waals surface area contributed by atoms with Gasteiger partial charge < -0.3 is 15.5 Å². The van der Waals surface area contributed by atoms with Crippen LogP contribution in [0, 0.1) is 13.8 Å². The quantitative estimate of drug-likeness (QED) is 0.768. The molecule has 0 radical (unpaired) electrons. The third kappa shape index (κ3) is 5.78. The molecule has 1 aliphatic carbocycles. The molecule has 1 aromatic carbocycles. The molecule has 2 aliphatic rings. The summed E-state index contributed by atoms with van der Waals surface area (Å²) in [6.45, 7) is 8.51. The third-order valence-electron chi connectivity index (χ3n) is 5.46. The second-order valence-corrected chi connectivity index (χ2v) is 7.75. The highest BCUT2D eigenvalue weighted by molar-refractivity contribution is 5.93. The van der Waals surface area contributed by atoms with Crippen LogP contribution in [0.4, 0.5) is 5.69 Å². The summed E-state index contributed by atoms with van der Waals surface area (Å²) in [4.78, 5) is 29.3. The molecule has 3 rings (SSSR count). The first kappa shape index (κ1) is 19.8. The molecule has 2 amide bonds. The van der Waals surface area contributed by atoms with Gasteiger partial charge in [0.15, 0.2) is 0 Å². The average Bonchev–Trinajstić information content (AvgIpc) is 3.48. The summed E-state index contributed by atoms with van der Waals surface area (Å²) in [6, 6.07) is 6.47. The molecule has 6 nitrogen and oxygen atoms in total. The minimum atomic E-state index is 0.00530. The van der Waals surface area contributed by atoms with Crippen molar-refractivity contribution in [1.82, 2.24) is 15.1 Å². The van der Waals surface area contributed by atoms with Gasteiger partial charge in [0.2, 0.25) is 11.8 Å². The number of rotatable bonds is 7. The van der Waals surface area contributed by atoms with Gasteiger partial charge >= 0.3 is 0 Å². The van der Waals surface area contributed by atoms with Gasteiger partial charge in [-0.3, -0.25) is 14.5 Å². The number of carbonyl (C=O) groups is 2. The SMILES string of the molecule is Cc1cccc(C)c1NC(=O)CN(CCC(=O)N1CCCNCC1)C1CC1. The van der Waals surface area contributed by atoms with Crippen LogP contribution < -0.4 is 10.6 Å². The number of aryl methyl sites for hydroxylation is 2. The molecule has 0 spiro atoms. The number of nitrogens with zero attached hydrogens (tertiary/aromatic N) is 2. The topological polar surface area (TPSA) is 64.7 Å². The van der Waals surface area contributed by atoms with E-state index in [1.54, 1.807) is 0 Å². The molecule has 6 heteroatoms. The van der Waals surface area contributed by atoms with E-state index in [-0.39, 0.29) is 11.8 Å². The molecule has 1 aromatic rings. The molecule has 0 bridgehead atoms. The van der Waals surface area contributed by atoms with Gasteiger partial charge in [0.05, 0.1) is 6.54 Å². The van der Waals surface area contributed by atoms with Crippen molar-refractivity contribution < 1.29 is 9.59 Å². The largest absolute Gasteiger partial charge is 0.341 e. The van der Waals surface area contributed by atoms with Crippen LogP contribution in [-0.2, 0) is 9.59 Å². The number of anilines is 1. The number of nitrogens with one attached hydrogen (secondary N) is 2. The van der Waals surface area contributed by atoms with E-state index < -0.39 is 0 Å². The fourth-order valence-corrected chi connectivity index (χ4v) is 3.70. The Bertz CT molecular complexity index is 644. The first-order valence-electron chi connectivity index (χ1n) is 10.1. The maximum Gasteiger partial charge on any atom is 0.238 e. The lowest BCUT2D eigenvalue weighted by Crippen LogP contribution is -2.40. The Labute approximate surface area is 162 Å². The standard InChI is InChI=1S/C21H32N4O2/c1-16-5-3-6-17(2)21(16)23-19(26)15-25(18-7-8-18)13-9-20(27)24-12-4-10-22-11-14-24/h3,5-6,18,22H,4,7-15H2,1-2H3,(H,23,26). The van der Waals surface area contributed by atoms with Crippen molar-refractivity contribution in [3.8, 4) is 0 Å². The summed E-state index contributed by atoms with van der Waals surface area (Å²) < 4.78 is 0. The molecule has 2 N–H and O–H groups in total. The highest BCUT2D eigenvalue weighted by atomic mass is 16.2. The van der Waals surface area contributed by atoms with E-state index in [9.17, 15) is 9.59 Å². The molecule has 0 aromatic heterocycles. The van der Waals surface area contributed by atoms with E-state index >= 15 is 0 Å². The second-order valence-electron chi connectivity index (χ2n) is 7.75. The van der Waals surface area contributed by atoms with Crippen LogP contribution in [-0.4, -0.2) is 66.9 Å². The fourth-order valence-electron chi connectivity index (χ4n) is 3.70. The zero-order valence-corrected chi connectivity index (χ0v) is 16.6. The molecular formula is C21H32N4O2. The van der Waals surface area contributed by atoms with Crippen molar-refractivity contribution >= 4 is 17.5 Å². The summed E-state index contributed by atoms with van der Waals surface area (Å²) in [7, 11) is 0. The maximum absolute atomic E-state index is 12.6. The van der Waals surface area contributed by atoms with Gasteiger partial charge in [0.25, 0.3) is 0 Å². The third-order valence-corrected chi connectivity index (χ3v) is 5.46. The van der Waals surface area contributed by atoms with Gasteiger partial charge in [0, 0.05) is 44.3 Å². The molecule has 1 saturated carbocycles. The van der Waals surface area contributed by atoms with E-state index in [0.29, 0.717) is 25.6 Å². The number of para-hydroxylation sites is 1. The van der Waals surface area contributed by atoms with E-state index in [2.05, 4.69) is 15.5 Å². The zero-order valence-electron chi connectivity index (χ0n) is 16.6. The van der Waals surface area contributed by atoms with Crippen molar-refractivity contribution in [3.63, 3.8) is 0 Å². The number of amides is 2. The highest BCUT2D eigenvalue weighted by Crippen LogP contribution is 2.27. The van der Waals surface area contributed by atoms with Gasteiger partial charge in [-0.2, -0.15) is 0 Å². The molecular weight excluding hydrogens is 340 g/mol. The Morgan fingerprint density at radius 1 is 1.19 bits per heavy atom. The highest BCUT2D eigenvalue weighted by Gasteiger charge is 2.31. The first-order valence-corrected chi connectivity index (χ1v) is 10.1. The molecule has 0 unspecified atom stereocenters. The summed E-state index contributed by atoms with van der Waals surface area (Å²) in [5, 5.41) is 6.39. The minimum absolute atomic E-state index is 0.00530. The van der Waals surface area contributed by atoms with Crippen LogP contribution >= 0.6 is 0 Å². The van der Waals surface area contributed by atoms with Gasteiger partial charge in [-0.15, -0.1) is 0 Å². The van der Waals surface area contributed by atoms with Gasteiger partial charge in [-0.1, -0.05) is 18.2 Å². The lowest BCUT2D eigenvalue weighted by atomic mass is 10.1. The Hall–Kier alpha value is -1.92. The van der Waals surface area contributed by atoms with Gasteiger partial charge in [-0.05, 0) is 50.8 Å². The monoisotopic (exact) mass is 372 g/mol. The summed E-state index contributed by atoms with van der Waals surface area (Å²) in [5.74, 6) is 0.213. The van der Waals surface area contributed by atoms with Crippen molar-refractivity contribution in [2.75, 3.05) is 44.6 Å². The van der Waals surface area contributed by atoms with Crippen molar-refractivity contribution in [1.29, 1.82) is 0 Å². The van der Waals surface area contributed by atoms with Crippen LogP contribution in [0.15, 0.2) is 18.2 Å². The van der Waals surface area contributed by atoms with Crippen molar-refractivity contribution in [3.05, 3.63) is 29.3 Å². The van der Waals surface area contributed by atoms with E-state index in [0.717, 1.165) is 62.3 Å². The van der Waals surface area contributed by atoms with E-state index in [1.165, 1.54) is 0 Å². The van der Waals surface area contributed by atoms with Crippen LogP contribution in [0.1, 0.15) is 36.8 Å². The fraction of sp³-hybridized carbons (Fsp3) is 0.619. The molecule has 2 fully saturated rings. The minimum Gasteiger partial charge on any atom is -0.341 e. The van der Waals surface area contributed by atoms with Gasteiger partial charge in [0.1, 0.15) is 0 Å². The Morgan fingerprint density at radius 2 is 1.93 bits per heavy atom. The number of hydrogen-bond acceptors (Lipinski definition) is 4. The van der Waals surface area contributed by atoms with Crippen LogP contribution in [0.2, 0.25) is 0 Å². The number of hydrogen-bond donors (Lipinski definition) is 2. The molecule has 0 atom stereocenters. The predicted molar refractivity (Wildman–Crippen MR) is 108 cm³/mol. The zero-order chi connectivity index (χ0) is 19.2. The lowest BCUT2D eigenvalue weighted by molar-refractivity contribution is -0.131. The first-order chi connectivity index (χ1) is 13.0. The summed E-state index contributed by atoms with van der Waals surface area (Å²) in [5.41, 5.74) is 3.06. The van der Waals surface area contributed by atoms with Crippen molar-refractivity contribution in [2.45, 2.75) is 45.6 Å². The van der Waals surface area contributed by atoms with Crippen molar-refractivity contribution in [2.24, 2.45) is 0 Å². The number of carbonyl (C=O) groups excluding carboxylic acids is 2. The van der Waals surface area contributed by atoms with Crippen LogP contribution in [0.3, 0.4) is 0 Å². The van der Waals surface area contributed by atoms with Gasteiger partial charge in [-0.25, -0.2) is 0 Å².